The van der Waals surface area contributed by atoms with Crippen molar-refractivity contribution >= 4 is 29.2 Å². The molecule has 0 radical (unpaired) electrons. The van der Waals surface area contributed by atoms with Gasteiger partial charge in [0.25, 0.3) is 0 Å². The Balaban J connectivity index is 2.04. The van der Waals surface area contributed by atoms with Gasteiger partial charge in [-0.1, -0.05) is 25.1 Å². The van der Waals surface area contributed by atoms with Crippen LogP contribution in [-0.4, -0.2) is 22.9 Å². The minimum Gasteiger partial charge on any atom is -0.481 e. The molecule has 1 aromatic rings. The summed E-state index contributed by atoms with van der Waals surface area (Å²) in [4.78, 5) is 35.4. The zero-order chi connectivity index (χ0) is 17.5. The number of carbonyl (C=O) groups is 3. The summed E-state index contributed by atoms with van der Waals surface area (Å²) in [5.41, 5.74) is 1.14. The number of hydrogen-bond acceptors (Lipinski definition) is 3. The van der Waals surface area contributed by atoms with Crippen LogP contribution in [0.2, 0.25) is 0 Å². The molecule has 6 nitrogen and oxygen atoms in total. The van der Waals surface area contributed by atoms with Crippen molar-refractivity contribution in [3.05, 3.63) is 36.4 Å². The van der Waals surface area contributed by atoms with E-state index in [0.717, 1.165) is 6.42 Å². The van der Waals surface area contributed by atoms with Gasteiger partial charge in [-0.05, 0) is 37.5 Å². The summed E-state index contributed by atoms with van der Waals surface area (Å²) in [5, 5.41) is 14.8. The molecule has 0 heterocycles. The van der Waals surface area contributed by atoms with Crippen LogP contribution in [-0.2, 0) is 14.4 Å². The van der Waals surface area contributed by atoms with Crippen molar-refractivity contribution in [3.63, 3.8) is 0 Å². The van der Waals surface area contributed by atoms with Gasteiger partial charge in [0, 0.05) is 17.8 Å². The molecule has 0 spiro atoms. The molecule has 1 aromatic carbocycles. The van der Waals surface area contributed by atoms with E-state index in [-0.39, 0.29) is 11.8 Å². The van der Waals surface area contributed by atoms with Crippen LogP contribution in [0.4, 0.5) is 11.4 Å². The summed E-state index contributed by atoms with van der Waals surface area (Å²) in [6, 6.07) is 6.85. The Morgan fingerprint density at radius 3 is 2.33 bits per heavy atom. The Hall–Kier alpha value is -2.63. The molecule has 3 N–H and O–H groups in total. The summed E-state index contributed by atoms with van der Waals surface area (Å²) >= 11 is 0. The third kappa shape index (κ3) is 4.68. The molecule has 1 aliphatic rings. The predicted octanol–water partition coefficient (Wildman–Crippen LogP) is 3.03. The molecule has 128 valence electrons. The number of benzene rings is 1. The van der Waals surface area contributed by atoms with E-state index >= 15 is 0 Å². The highest BCUT2D eigenvalue weighted by atomic mass is 16.4. The highest BCUT2D eigenvalue weighted by Crippen LogP contribution is 2.27. The van der Waals surface area contributed by atoms with E-state index in [0.29, 0.717) is 30.6 Å². The fraction of sp³-hybridized carbons (Fsp3) is 0.389. The first-order chi connectivity index (χ1) is 11.5. The van der Waals surface area contributed by atoms with Crippen LogP contribution in [0.15, 0.2) is 36.4 Å². The lowest BCUT2D eigenvalue weighted by molar-refractivity contribution is -0.146. The average molecular weight is 330 g/mol. The number of rotatable bonds is 6. The van der Waals surface area contributed by atoms with Gasteiger partial charge in [-0.3, -0.25) is 14.4 Å². The van der Waals surface area contributed by atoms with Gasteiger partial charge in [0.05, 0.1) is 11.8 Å². The van der Waals surface area contributed by atoms with Crippen LogP contribution in [0.25, 0.3) is 0 Å². The Morgan fingerprint density at radius 1 is 1.08 bits per heavy atom. The fourth-order valence-corrected chi connectivity index (χ4v) is 2.74. The molecule has 0 saturated carbocycles. The predicted molar refractivity (Wildman–Crippen MR) is 91.6 cm³/mol. The van der Waals surface area contributed by atoms with E-state index in [9.17, 15) is 19.5 Å². The summed E-state index contributed by atoms with van der Waals surface area (Å²) in [7, 11) is 0. The van der Waals surface area contributed by atoms with Gasteiger partial charge in [-0.15, -0.1) is 0 Å². The summed E-state index contributed by atoms with van der Waals surface area (Å²) in [6.07, 6.45) is 5.60. The lowest BCUT2D eigenvalue weighted by atomic mass is 9.82. The van der Waals surface area contributed by atoms with Crippen molar-refractivity contribution in [1.29, 1.82) is 0 Å². The largest absolute Gasteiger partial charge is 0.481 e. The molecule has 0 saturated heterocycles. The molecule has 1 aliphatic carbocycles. The number of carboxylic acid groups (broad SMARTS) is 1. The fourth-order valence-electron chi connectivity index (χ4n) is 2.74. The maximum absolute atomic E-state index is 12.4. The molecule has 0 bridgehead atoms. The molecule has 0 fully saturated rings. The van der Waals surface area contributed by atoms with E-state index in [1.54, 1.807) is 30.3 Å². The van der Waals surface area contributed by atoms with Gasteiger partial charge >= 0.3 is 5.97 Å². The smallest absolute Gasteiger partial charge is 0.307 e. The van der Waals surface area contributed by atoms with Crippen molar-refractivity contribution in [2.24, 2.45) is 11.8 Å². The lowest BCUT2D eigenvalue weighted by Crippen LogP contribution is -2.34. The number of allylic oxidation sites excluding steroid dienone is 2. The monoisotopic (exact) mass is 330 g/mol. The van der Waals surface area contributed by atoms with Crippen LogP contribution < -0.4 is 10.6 Å². The second kappa shape index (κ2) is 8.29. The molecule has 0 aliphatic heterocycles. The van der Waals surface area contributed by atoms with Crippen molar-refractivity contribution in [2.45, 2.75) is 32.6 Å². The molecule has 2 atom stereocenters. The average Bonchev–Trinajstić information content (AvgIpc) is 2.55. The minimum absolute atomic E-state index is 0.0793. The third-order valence-electron chi connectivity index (χ3n) is 3.98. The Bertz CT molecular complexity index is 654. The summed E-state index contributed by atoms with van der Waals surface area (Å²) < 4.78 is 0. The number of carbonyl (C=O) groups excluding carboxylic acids is 2. The second-order valence-corrected chi connectivity index (χ2v) is 5.86. The van der Waals surface area contributed by atoms with Crippen molar-refractivity contribution in [1.82, 2.24) is 0 Å². The van der Waals surface area contributed by atoms with Gasteiger partial charge in [0.15, 0.2) is 0 Å². The molecule has 0 aromatic heterocycles. The second-order valence-electron chi connectivity index (χ2n) is 5.86. The number of amides is 2. The van der Waals surface area contributed by atoms with Gasteiger partial charge in [-0.25, -0.2) is 0 Å². The first-order valence-corrected chi connectivity index (χ1v) is 8.10. The number of aliphatic carboxylic acids is 1. The first kappa shape index (κ1) is 17.7. The number of nitrogens with one attached hydrogen (secondary N) is 2. The zero-order valence-corrected chi connectivity index (χ0v) is 13.6. The van der Waals surface area contributed by atoms with E-state index in [1.807, 2.05) is 13.0 Å². The molecular weight excluding hydrogens is 308 g/mol. The normalized spacial score (nSPS) is 19.5. The SMILES string of the molecule is CCCC(=O)Nc1cccc(NC(=O)[C@@H]2CC=CC[C@H]2C(=O)O)c1. The van der Waals surface area contributed by atoms with Gasteiger partial charge in [0.1, 0.15) is 0 Å². The Kier molecular flexibility index (Phi) is 6.12. The standard InChI is InChI=1S/C18H22N2O4/c1-2-6-16(21)19-12-7-5-8-13(11-12)20-17(22)14-9-3-4-10-15(14)18(23)24/h3-5,7-8,11,14-15H,2,6,9-10H2,1H3,(H,19,21)(H,20,22)(H,23,24)/t14-,15-/m1/s1. The molecule has 2 amide bonds. The number of anilines is 2. The Morgan fingerprint density at radius 2 is 1.71 bits per heavy atom. The quantitative estimate of drug-likeness (QED) is 0.699. The summed E-state index contributed by atoms with van der Waals surface area (Å²) in [5.74, 6) is -2.65. The van der Waals surface area contributed by atoms with Gasteiger partial charge in [-0.2, -0.15) is 0 Å². The maximum atomic E-state index is 12.4. The third-order valence-corrected chi connectivity index (χ3v) is 3.98. The van der Waals surface area contributed by atoms with Crippen LogP contribution in [0.3, 0.4) is 0 Å². The Labute approximate surface area is 140 Å². The van der Waals surface area contributed by atoms with Gasteiger partial charge < -0.3 is 15.7 Å². The topological polar surface area (TPSA) is 95.5 Å². The van der Waals surface area contributed by atoms with Crippen LogP contribution in [0.5, 0.6) is 0 Å². The van der Waals surface area contributed by atoms with E-state index in [1.165, 1.54) is 0 Å². The van der Waals surface area contributed by atoms with E-state index in [2.05, 4.69) is 10.6 Å². The van der Waals surface area contributed by atoms with Crippen molar-refractivity contribution in [3.8, 4) is 0 Å². The number of carboxylic acids is 1. The lowest BCUT2D eigenvalue weighted by Gasteiger charge is -2.24. The van der Waals surface area contributed by atoms with Crippen LogP contribution in [0.1, 0.15) is 32.6 Å². The molecule has 2 rings (SSSR count). The maximum Gasteiger partial charge on any atom is 0.307 e. The highest BCUT2D eigenvalue weighted by Gasteiger charge is 2.33. The number of hydrogen-bond donors (Lipinski definition) is 3. The van der Waals surface area contributed by atoms with Crippen LogP contribution >= 0.6 is 0 Å². The molecular formula is C18H22N2O4. The van der Waals surface area contributed by atoms with Gasteiger partial charge in [0.2, 0.25) is 11.8 Å². The van der Waals surface area contributed by atoms with Crippen LogP contribution in [0, 0.1) is 11.8 Å². The van der Waals surface area contributed by atoms with Crippen molar-refractivity contribution in [2.75, 3.05) is 10.6 Å². The van der Waals surface area contributed by atoms with E-state index < -0.39 is 17.8 Å². The molecule has 6 heteroatoms. The first-order valence-electron chi connectivity index (χ1n) is 8.10. The van der Waals surface area contributed by atoms with E-state index in [4.69, 9.17) is 0 Å². The highest BCUT2D eigenvalue weighted by molar-refractivity contribution is 5.96. The van der Waals surface area contributed by atoms with Crippen molar-refractivity contribution < 1.29 is 19.5 Å². The minimum atomic E-state index is -0.958. The molecule has 0 unspecified atom stereocenters. The zero-order valence-electron chi connectivity index (χ0n) is 13.6. The summed E-state index contributed by atoms with van der Waals surface area (Å²) in [6.45, 7) is 1.92. The molecule has 24 heavy (non-hydrogen) atoms.